The number of hydrogen-bond donors (Lipinski definition) is 0. The molecule has 0 amide bonds. The van der Waals surface area contributed by atoms with Gasteiger partial charge < -0.3 is 4.74 Å². The smallest absolute Gasteiger partial charge is 0.416 e. The molecule has 94 valence electrons. The first-order valence-electron chi connectivity index (χ1n) is 5.18. The molecule has 1 aromatic carbocycles. The van der Waals surface area contributed by atoms with Crippen molar-refractivity contribution in [1.29, 1.82) is 0 Å². The molecule has 0 radical (unpaired) electrons. The van der Waals surface area contributed by atoms with Crippen LogP contribution in [-0.2, 0) is 6.18 Å². The van der Waals surface area contributed by atoms with Crippen molar-refractivity contribution in [3.05, 3.63) is 48.2 Å². The third kappa shape index (κ3) is 2.61. The monoisotopic (exact) mass is 253 g/mol. The SMILES string of the molecule is COc1cccc(-c2cc(C(F)(F)F)ccn2)c1. The number of pyridine rings is 1. The maximum Gasteiger partial charge on any atom is 0.416 e. The second-order valence-corrected chi connectivity index (χ2v) is 3.66. The van der Waals surface area contributed by atoms with Gasteiger partial charge in [0.1, 0.15) is 5.75 Å². The zero-order chi connectivity index (χ0) is 13.2. The third-order valence-electron chi connectivity index (χ3n) is 2.45. The lowest BCUT2D eigenvalue weighted by Crippen LogP contribution is -2.05. The lowest BCUT2D eigenvalue weighted by Gasteiger charge is -2.08. The highest BCUT2D eigenvalue weighted by atomic mass is 19.4. The van der Waals surface area contributed by atoms with Gasteiger partial charge in [-0.25, -0.2) is 0 Å². The lowest BCUT2D eigenvalue weighted by molar-refractivity contribution is -0.137. The van der Waals surface area contributed by atoms with Crippen molar-refractivity contribution in [2.75, 3.05) is 7.11 Å². The van der Waals surface area contributed by atoms with E-state index >= 15 is 0 Å². The van der Waals surface area contributed by atoms with Crippen LogP contribution in [0.4, 0.5) is 13.2 Å². The van der Waals surface area contributed by atoms with E-state index in [9.17, 15) is 13.2 Å². The lowest BCUT2D eigenvalue weighted by atomic mass is 10.1. The molecule has 0 atom stereocenters. The van der Waals surface area contributed by atoms with Gasteiger partial charge in [-0.05, 0) is 24.3 Å². The summed E-state index contributed by atoms with van der Waals surface area (Å²) in [5.41, 5.74) is 0.138. The number of aromatic nitrogens is 1. The zero-order valence-corrected chi connectivity index (χ0v) is 9.53. The molecule has 0 fully saturated rings. The molecule has 0 saturated carbocycles. The van der Waals surface area contributed by atoms with Crippen LogP contribution in [0.3, 0.4) is 0 Å². The predicted molar refractivity (Wildman–Crippen MR) is 61.2 cm³/mol. The standard InChI is InChI=1S/C13H10F3NO/c1-18-11-4-2-3-9(7-11)12-8-10(5-6-17-12)13(14,15)16/h2-8H,1H3. The first kappa shape index (κ1) is 12.4. The largest absolute Gasteiger partial charge is 0.497 e. The molecule has 1 aromatic heterocycles. The Morgan fingerprint density at radius 3 is 2.56 bits per heavy atom. The van der Waals surface area contributed by atoms with Gasteiger partial charge >= 0.3 is 6.18 Å². The van der Waals surface area contributed by atoms with Gasteiger partial charge in [0.2, 0.25) is 0 Å². The van der Waals surface area contributed by atoms with Gasteiger partial charge in [0, 0.05) is 11.8 Å². The molecule has 0 bridgehead atoms. The Kier molecular flexibility index (Phi) is 3.23. The highest BCUT2D eigenvalue weighted by Gasteiger charge is 2.30. The molecule has 18 heavy (non-hydrogen) atoms. The Morgan fingerprint density at radius 2 is 1.89 bits per heavy atom. The molecule has 0 saturated heterocycles. The maximum atomic E-state index is 12.6. The van der Waals surface area contributed by atoms with Gasteiger partial charge in [0.25, 0.3) is 0 Å². The van der Waals surface area contributed by atoms with Gasteiger partial charge in [0.05, 0.1) is 18.4 Å². The van der Waals surface area contributed by atoms with E-state index in [1.807, 2.05) is 0 Å². The van der Waals surface area contributed by atoms with Crippen LogP contribution in [0.25, 0.3) is 11.3 Å². The van der Waals surface area contributed by atoms with E-state index in [4.69, 9.17) is 4.74 Å². The molecule has 2 aromatic rings. The summed E-state index contributed by atoms with van der Waals surface area (Å²) in [5, 5.41) is 0. The molecule has 5 heteroatoms. The van der Waals surface area contributed by atoms with Crippen LogP contribution in [-0.4, -0.2) is 12.1 Å². The zero-order valence-electron chi connectivity index (χ0n) is 9.53. The summed E-state index contributed by atoms with van der Waals surface area (Å²) in [6, 6.07) is 8.72. The molecule has 0 aliphatic heterocycles. The van der Waals surface area contributed by atoms with Crippen LogP contribution in [0.15, 0.2) is 42.6 Å². The van der Waals surface area contributed by atoms with Crippen LogP contribution in [0.1, 0.15) is 5.56 Å². The Bertz CT molecular complexity index is 552. The molecule has 0 unspecified atom stereocenters. The Balaban J connectivity index is 2.44. The number of ether oxygens (including phenoxy) is 1. The minimum Gasteiger partial charge on any atom is -0.497 e. The van der Waals surface area contributed by atoms with Gasteiger partial charge in [-0.3, -0.25) is 4.98 Å². The quantitative estimate of drug-likeness (QED) is 0.812. The topological polar surface area (TPSA) is 22.1 Å². The van der Waals surface area contributed by atoms with Gasteiger partial charge in [-0.15, -0.1) is 0 Å². The number of halogens is 3. The first-order chi connectivity index (χ1) is 8.50. The number of rotatable bonds is 2. The second-order valence-electron chi connectivity index (χ2n) is 3.66. The summed E-state index contributed by atoms with van der Waals surface area (Å²) in [4.78, 5) is 3.94. The number of alkyl halides is 3. The number of methoxy groups -OCH3 is 1. The van der Waals surface area contributed by atoms with E-state index in [0.29, 0.717) is 11.3 Å². The Morgan fingerprint density at radius 1 is 1.11 bits per heavy atom. The minimum atomic E-state index is -4.36. The van der Waals surface area contributed by atoms with Crippen molar-refractivity contribution >= 4 is 0 Å². The summed E-state index contributed by atoms with van der Waals surface area (Å²) in [5.74, 6) is 0.576. The molecule has 1 heterocycles. The fourth-order valence-electron chi connectivity index (χ4n) is 1.55. The summed E-state index contributed by atoms with van der Waals surface area (Å²) in [7, 11) is 1.50. The normalized spacial score (nSPS) is 11.3. The molecule has 0 aliphatic carbocycles. The van der Waals surface area contributed by atoms with Crippen LogP contribution >= 0.6 is 0 Å². The van der Waals surface area contributed by atoms with E-state index in [0.717, 1.165) is 18.3 Å². The minimum absolute atomic E-state index is 0.267. The van der Waals surface area contributed by atoms with E-state index in [2.05, 4.69) is 4.98 Å². The molecule has 2 nitrogen and oxygen atoms in total. The fourth-order valence-corrected chi connectivity index (χ4v) is 1.55. The highest BCUT2D eigenvalue weighted by molar-refractivity contribution is 5.61. The average molecular weight is 253 g/mol. The summed E-state index contributed by atoms with van der Waals surface area (Å²) < 4.78 is 42.8. The van der Waals surface area contributed by atoms with Crippen molar-refractivity contribution < 1.29 is 17.9 Å². The van der Waals surface area contributed by atoms with E-state index in [1.54, 1.807) is 24.3 Å². The average Bonchev–Trinajstić information content (AvgIpc) is 2.38. The van der Waals surface area contributed by atoms with Crippen LogP contribution < -0.4 is 4.74 Å². The first-order valence-corrected chi connectivity index (χ1v) is 5.18. The number of benzene rings is 1. The van der Waals surface area contributed by atoms with Gasteiger partial charge in [0.15, 0.2) is 0 Å². The molecule has 0 spiro atoms. The van der Waals surface area contributed by atoms with Gasteiger partial charge in [-0.1, -0.05) is 12.1 Å². The highest BCUT2D eigenvalue weighted by Crippen LogP contribution is 2.31. The number of hydrogen-bond acceptors (Lipinski definition) is 2. The molecular weight excluding hydrogens is 243 g/mol. The van der Waals surface area contributed by atoms with Gasteiger partial charge in [-0.2, -0.15) is 13.2 Å². The van der Waals surface area contributed by atoms with Crippen LogP contribution in [0.5, 0.6) is 5.75 Å². The van der Waals surface area contributed by atoms with Crippen molar-refractivity contribution in [2.45, 2.75) is 6.18 Å². The van der Waals surface area contributed by atoms with Crippen LogP contribution in [0.2, 0.25) is 0 Å². The van der Waals surface area contributed by atoms with Crippen LogP contribution in [0, 0.1) is 0 Å². The molecule has 0 aliphatic rings. The summed E-state index contributed by atoms with van der Waals surface area (Å²) in [6.07, 6.45) is -3.21. The molecule has 2 rings (SSSR count). The Labute approximate surface area is 102 Å². The number of nitrogens with zero attached hydrogens (tertiary/aromatic N) is 1. The fraction of sp³-hybridized carbons (Fsp3) is 0.154. The van der Waals surface area contributed by atoms with Crippen molar-refractivity contribution in [2.24, 2.45) is 0 Å². The predicted octanol–water partition coefficient (Wildman–Crippen LogP) is 3.78. The van der Waals surface area contributed by atoms with E-state index < -0.39 is 11.7 Å². The van der Waals surface area contributed by atoms with E-state index in [1.165, 1.54) is 7.11 Å². The molecule has 0 N–H and O–H groups in total. The summed E-state index contributed by atoms with van der Waals surface area (Å²) in [6.45, 7) is 0. The summed E-state index contributed by atoms with van der Waals surface area (Å²) >= 11 is 0. The second kappa shape index (κ2) is 4.68. The van der Waals surface area contributed by atoms with Crippen molar-refractivity contribution in [3.8, 4) is 17.0 Å². The van der Waals surface area contributed by atoms with Crippen molar-refractivity contribution in [1.82, 2.24) is 4.98 Å². The maximum absolute atomic E-state index is 12.6. The van der Waals surface area contributed by atoms with Crippen molar-refractivity contribution in [3.63, 3.8) is 0 Å². The Hall–Kier alpha value is -2.04. The van der Waals surface area contributed by atoms with E-state index in [-0.39, 0.29) is 5.69 Å². The molecular formula is C13H10F3NO. The third-order valence-corrected chi connectivity index (χ3v) is 2.45.